The van der Waals surface area contributed by atoms with Crippen molar-refractivity contribution in [2.75, 3.05) is 13.1 Å². The van der Waals surface area contributed by atoms with Gasteiger partial charge in [-0.3, -0.25) is 4.90 Å². The number of hydrogen-bond acceptors (Lipinski definition) is 2. The molecular formula is C12H19NS. The van der Waals surface area contributed by atoms with Crippen molar-refractivity contribution in [3.8, 4) is 0 Å². The maximum absolute atomic E-state index is 2.59. The highest BCUT2D eigenvalue weighted by Crippen LogP contribution is 2.21. The van der Waals surface area contributed by atoms with E-state index in [9.17, 15) is 0 Å². The topological polar surface area (TPSA) is 3.24 Å². The van der Waals surface area contributed by atoms with Gasteiger partial charge < -0.3 is 0 Å². The lowest BCUT2D eigenvalue weighted by molar-refractivity contribution is 0.186. The van der Waals surface area contributed by atoms with Gasteiger partial charge in [0.2, 0.25) is 0 Å². The average Bonchev–Trinajstić information content (AvgIpc) is 2.56. The van der Waals surface area contributed by atoms with Crippen molar-refractivity contribution >= 4 is 11.3 Å². The van der Waals surface area contributed by atoms with Gasteiger partial charge in [-0.05, 0) is 50.9 Å². The molecule has 1 nitrogen and oxygen atoms in total. The number of thiophene rings is 1. The molecule has 1 aliphatic rings. The molecule has 1 aromatic heterocycles. The molecule has 0 aromatic carbocycles. The van der Waals surface area contributed by atoms with Crippen LogP contribution >= 0.6 is 11.3 Å². The molecule has 0 bridgehead atoms. The fourth-order valence-corrected chi connectivity index (χ4v) is 2.94. The first-order valence-electron chi connectivity index (χ1n) is 5.52. The van der Waals surface area contributed by atoms with Crippen LogP contribution in [0.4, 0.5) is 0 Å². The Morgan fingerprint density at radius 1 is 1.36 bits per heavy atom. The number of likely N-dealkylation sites (tertiary alicyclic amines) is 1. The Morgan fingerprint density at radius 2 is 2.07 bits per heavy atom. The summed E-state index contributed by atoms with van der Waals surface area (Å²) >= 11 is 1.94. The van der Waals surface area contributed by atoms with Gasteiger partial charge in [0.1, 0.15) is 0 Å². The van der Waals surface area contributed by atoms with E-state index in [2.05, 4.69) is 30.9 Å². The first-order chi connectivity index (χ1) is 6.74. The first-order valence-corrected chi connectivity index (χ1v) is 6.33. The zero-order valence-corrected chi connectivity index (χ0v) is 9.94. The van der Waals surface area contributed by atoms with Gasteiger partial charge >= 0.3 is 0 Å². The highest BCUT2D eigenvalue weighted by atomic mass is 32.1. The predicted molar refractivity (Wildman–Crippen MR) is 62.7 cm³/mol. The van der Waals surface area contributed by atoms with Crippen molar-refractivity contribution < 1.29 is 0 Å². The fourth-order valence-electron chi connectivity index (χ4n) is 2.01. The van der Waals surface area contributed by atoms with Crippen molar-refractivity contribution in [1.82, 2.24) is 4.90 Å². The molecule has 2 rings (SSSR count). The first kappa shape index (κ1) is 10.2. The van der Waals surface area contributed by atoms with Crippen molar-refractivity contribution in [3.63, 3.8) is 0 Å². The van der Waals surface area contributed by atoms with Gasteiger partial charge in [0.15, 0.2) is 0 Å². The third-order valence-electron chi connectivity index (χ3n) is 3.05. The Balaban J connectivity index is 1.86. The second kappa shape index (κ2) is 4.45. The van der Waals surface area contributed by atoms with Crippen LogP contribution in [0.3, 0.4) is 0 Å². The van der Waals surface area contributed by atoms with Crippen LogP contribution in [0.1, 0.15) is 29.5 Å². The number of rotatable bonds is 2. The van der Waals surface area contributed by atoms with Crippen molar-refractivity contribution in [2.24, 2.45) is 5.92 Å². The van der Waals surface area contributed by atoms with Crippen molar-refractivity contribution in [2.45, 2.75) is 33.2 Å². The quantitative estimate of drug-likeness (QED) is 0.722. The number of nitrogens with zero attached hydrogens (tertiary/aromatic N) is 1. The molecule has 0 radical (unpaired) electrons. The molecule has 1 saturated heterocycles. The van der Waals surface area contributed by atoms with E-state index in [1.807, 2.05) is 11.3 Å². The Kier molecular flexibility index (Phi) is 3.24. The smallest absolute Gasteiger partial charge is 0.0328 e. The molecule has 0 spiro atoms. The molecule has 0 saturated carbocycles. The summed E-state index contributed by atoms with van der Waals surface area (Å²) < 4.78 is 0. The number of aryl methyl sites for hydroxylation is 1. The Labute approximate surface area is 90.7 Å². The van der Waals surface area contributed by atoms with E-state index < -0.39 is 0 Å². The summed E-state index contributed by atoms with van der Waals surface area (Å²) in [6, 6.07) is 4.50. The van der Waals surface area contributed by atoms with Crippen molar-refractivity contribution in [1.29, 1.82) is 0 Å². The summed E-state index contributed by atoms with van der Waals surface area (Å²) in [5.74, 6) is 0.941. The SMILES string of the molecule is Cc1ccc(CN2CCC(C)CC2)s1. The molecule has 2 heteroatoms. The summed E-state index contributed by atoms with van der Waals surface area (Å²) in [5.41, 5.74) is 0. The van der Waals surface area contributed by atoms with Gasteiger partial charge in [0, 0.05) is 16.3 Å². The average molecular weight is 209 g/mol. The molecule has 0 aliphatic carbocycles. The molecule has 14 heavy (non-hydrogen) atoms. The lowest BCUT2D eigenvalue weighted by Gasteiger charge is -2.29. The zero-order chi connectivity index (χ0) is 9.97. The van der Waals surface area contributed by atoms with Gasteiger partial charge in [0.05, 0.1) is 0 Å². The molecule has 0 unspecified atom stereocenters. The van der Waals surface area contributed by atoms with Gasteiger partial charge in [-0.1, -0.05) is 6.92 Å². The van der Waals surface area contributed by atoms with E-state index in [-0.39, 0.29) is 0 Å². The van der Waals surface area contributed by atoms with Crippen LogP contribution in [0, 0.1) is 12.8 Å². The minimum Gasteiger partial charge on any atom is -0.298 e. The maximum Gasteiger partial charge on any atom is 0.0328 e. The molecule has 78 valence electrons. The van der Waals surface area contributed by atoms with Crippen LogP contribution in [0.15, 0.2) is 12.1 Å². The third-order valence-corrected chi connectivity index (χ3v) is 4.04. The third kappa shape index (κ3) is 2.58. The van der Waals surface area contributed by atoms with E-state index in [1.54, 1.807) is 0 Å². The van der Waals surface area contributed by atoms with E-state index >= 15 is 0 Å². The largest absolute Gasteiger partial charge is 0.298 e. The lowest BCUT2D eigenvalue weighted by Crippen LogP contribution is -2.32. The minimum absolute atomic E-state index is 0.941. The molecule has 1 aromatic rings. The van der Waals surface area contributed by atoms with Gasteiger partial charge in [-0.2, -0.15) is 0 Å². The lowest BCUT2D eigenvalue weighted by atomic mass is 9.99. The molecule has 1 aliphatic heterocycles. The Hall–Kier alpha value is -0.340. The zero-order valence-electron chi connectivity index (χ0n) is 9.12. The summed E-state index contributed by atoms with van der Waals surface area (Å²) in [5, 5.41) is 0. The Bertz CT molecular complexity index is 284. The Morgan fingerprint density at radius 3 is 2.64 bits per heavy atom. The summed E-state index contributed by atoms with van der Waals surface area (Å²) in [7, 11) is 0. The monoisotopic (exact) mass is 209 g/mol. The summed E-state index contributed by atoms with van der Waals surface area (Å²) in [6.07, 6.45) is 2.76. The maximum atomic E-state index is 2.59. The van der Waals surface area contributed by atoms with Crippen LogP contribution in [0.2, 0.25) is 0 Å². The molecule has 0 amide bonds. The van der Waals surface area contributed by atoms with Crippen LogP contribution in [0.5, 0.6) is 0 Å². The van der Waals surface area contributed by atoms with Gasteiger partial charge in [0.25, 0.3) is 0 Å². The highest BCUT2D eigenvalue weighted by Gasteiger charge is 2.15. The van der Waals surface area contributed by atoms with Gasteiger partial charge in [-0.25, -0.2) is 0 Å². The van der Waals surface area contributed by atoms with Crippen LogP contribution in [-0.2, 0) is 6.54 Å². The number of hydrogen-bond donors (Lipinski definition) is 0. The summed E-state index contributed by atoms with van der Waals surface area (Å²) in [4.78, 5) is 5.55. The van der Waals surface area contributed by atoms with Crippen LogP contribution in [-0.4, -0.2) is 18.0 Å². The van der Waals surface area contributed by atoms with E-state index in [0.717, 1.165) is 5.92 Å². The predicted octanol–water partition coefficient (Wildman–Crippen LogP) is 3.29. The molecule has 0 atom stereocenters. The standard InChI is InChI=1S/C12H19NS/c1-10-5-7-13(8-6-10)9-12-4-3-11(2)14-12/h3-4,10H,5-9H2,1-2H3. The minimum atomic E-state index is 0.941. The molecule has 2 heterocycles. The molecule has 1 fully saturated rings. The van der Waals surface area contributed by atoms with E-state index in [4.69, 9.17) is 0 Å². The van der Waals surface area contributed by atoms with E-state index in [1.165, 1.54) is 42.2 Å². The normalized spacial score (nSPS) is 20.1. The fraction of sp³-hybridized carbons (Fsp3) is 0.667. The highest BCUT2D eigenvalue weighted by molar-refractivity contribution is 7.11. The second-order valence-corrected chi connectivity index (χ2v) is 5.84. The van der Waals surface area contributed by atoms with Crippen molar-refractivity contribution in [3.05, 3.63) is 21.9 Å². The molecule has 0 N–H and O–H groups in total. The van der Waals surface area contributed by atoms with E-state index in [0.29, 0.717) is 0 Å². The van der Waals surface area contributed by atoms with Gasteiger partial charge in [-0.15, -0.1) is 11.3 Å². The molecular weight excluding hydrogens is 190 g/mol. The summed E-state index contributed by atoms with van der Waals surface area (Å²) in [6.45, 7) is 8.31. The second-order valence-electron chi connectivity index (χ2n) is 4.47. The van der Waals surface area contributed by atoms with Crippen LogP contribution in [0.25, 0.3) is 0 Å². The number of piperidine rings is 1. The van der Waals surface area contributed by atoms with Crippen LogP contribution < -0.4 is 0 Å².